The molecule has 0 aromatic heterocycles. The molecule has 1 rings (SSSR count). The van der Waals surface area contributed by atoms with Gasteiger partial charge in [0.25, 0.3) is 0 Å². The monoisotopic (exact) mass is 308 g/mol. The second-order valence-electron chi connectivity index (χ2n) is 4.40. The second-order valence-corrected chi connectivity index (χ2v) is 6.03. The van der Waals surface area contributed by atoms with Crippen molar-refractivity contribution in [3.8, 4) is 0 Å². The highest BCUT2D eigenvalue weighted by atomic mass is 32.2. The Bertz CT molecular complexity index is 458. The summed E-state index contributed by atoms with van der Waals surface area (Å²) in [5.41, 5.74) is 5.38. The van der Waals surface area contributed by atoms with Gasteiger partial charge in [-0.15, -0.1) is 0 Å². The Morgan fingerprint density at radius 1 is 1.50 bits per heavy atom. The number of carbonyl (C=O) groups is 1. The Balaban J connectivity index is 2.87. The summed E-state index contributed by atoms with van der Waals surface area (Å²) in [7, 11) is -4.10. The minimum Gasteiger partial charge on any atom is -0.449 e. The van der Waals surface area contributed by atoms with Gasteiger partial charge in [-0.2, -0.15) is 12.7 Å². The molecule has 116 valence electrons. The highest BCUT2D eigenvalue weighted by Crippen LogP contribution is 2.25. The van der Waals surface area contributed by atoms with E-state index in [1.165, 1.54) is 0 Å². The number of nitrogens with two attached hydrogens (primary N) is 1. The zero-order chi connectivity index (χ0) is 15.2. The maximum absolute atomic E-state index is 12.2. The molecule has 0 atom stereocenters. The van der Waals surface area contributed by atoms with Crippen molar-refractivity contribution in [2.24, 2.45) is 10.9 Å². The number of nitrogens with zero attached hydrogens (tertiary/aromatic N) is 2. The number of hydrogen-bond donors (Lipinski definition) is 3. The second kappa shape index (κ2) is 7.29. The lowest BCUT2D eigenvalue weighted by atomic mass is 10.2. The van der Waals surface area contributed by atoms with Gasteiger partial charge in [0.1, 0.15) is 0 Å². The molecule has 20 heavy (non-hydrogen) atoms. The van der Waals surface area contributed by atoms with Gasteiger partial charge < -0.3 is 15.7 Å². The van der Waals surface area contributed by atoms with E-state index in [1.807, 2.05) is 4.72 Å². The van der Waals surface area contributed by atoms with E-state index in [0.717, 1.165) is 17.1 Å². The number of amides is 1. The standard InChI is InChI=1S/C10H20N4O5S/c1-2-19-10(15)13-20(17,18)14(7-9(11)12-16)8-5-3-4-6-8/h8,16H,2-7H2,1H3,(H2,11,12)(H,13,15). The summed E-state index contributed by atoms with van der Waals surface area (Å²) < 4.78 is 31.7. The lowest BCUT2D eigenvalue weighted by Gasteiger charge is -2.27. The molecule has 0 unspecified atom stereocenters. The third-order valence-electron chi connectivity index (χ3n) is 2.97. The van der Waals surface area contributed by atoms with Crippen LogP contribution in [0.5, 0.6) is 0 Å². The Kier molecular flexibility index (Phi) is 6.02. The summed E-state index contributed by atoms with van der Waals surface area (Å²) in [5.74, 6) is -0.244. The van der Waals surface area contributed by atoms with Crippen LogP contribution in [0.15, 0.2) is 5.16 Å². The Hall–Kier alpha value is -1.55. The van der Waals surface area contributed by atoms with E-state index >= 15 is 0 Å². The molecule has 0 heterocycles. The van der Waals surface area contributed by atoms with Crippen molar-refractivity contribution in [2.45, 2.75) is 38.6 Å². The smallest absolute Gasteiger partial charge is 0.421 e. The molecule has 0 aromatic carbocycles. The average molecular weight is 308 g/mol. The molecule has 1 aliphatic rings. The molecule has 9 nitrogen and oxygen atoms in total. The van der Waals surface area contributed by atoms with E-state index in [4.69, 9.17) is 10.9 Å². The fourth-order valence-electron chi connectivity index (χ4n) is 2.12. The van der Waals surface area contributed by atoms with Crippen LogP contribution in [-0.2, 0) is 14.9 Å². The quantitative estimate of drug-likeness (QED) is 0.273. The molecule has 0 bridgehead atoms. The van der Waals surface area contributed by atoms with Crippen LogP contribution in [-0.4, -0.2) is 49.1 Å². The van der Waals surface area contributed by atoms with E-state index in [9.17, 15) is 13.2 Å². The third kappa shape index (κ3) is 4.53. The number of amidine groups is 1. The fraction of sp³-hybridized carbons (Fsp3) is 0.800. The number of rotatable bonds is 6. The van der Waals surface area contributed by atoms with Crippen LogP contribution in [0.4, 0.5) is 4.79 Å². The number of carbonyl (C=O) groups excluding carboxylic acids is 1. The largest absolute Gasteiger partial charge is 0.449 e. The molecule has 0 aromatic rings. The molecule has 10 heteroatoms. The molecule has 1 amide bonds. The Labute approximate surface area is 117 Å². The molecule has 0 aliphatic heterocycles. The molecule has 0 spiro atoms. The number of ether oxygens (including phenoxy) is 1. The number of hydrogen-bond acceptors (Lipinski definition) is 6. The van der Waals surface area contributed by atoms with E-state index in [1.54, 1.807) is 6.92 Å². The zero-order valence-corrected chi connectivity index (χ0v) is 12.1. The van der Waals surface area contributed by atoms with Crippen LogP contribution in [0.25, 0.3) is 0 Å². The predicted octanol–water partition coefficient (Wildman–Crippen LogP) is -0.0317. The van der Waals surface area contributed by atoms with Gasteiger partial charge in [0, 0.05) is 6.04 Å². The van der Waals surface area contributed by atoms with Crippen LogP contribution in [0.2, 0.25) is 0 Å². The topological polar surface area (TPSA) is 134 Å². The van der Waals surface area contributed by atoms with Crippen LogP contribution in [0, 0.1) is 0 Å². The summed E-state index contributed by atoms with van der Waals surface area (Å²) in [6.07, 6.45) is 2.08. The number of oxime groups is 1. The van der Waals surface area contributed by atoms with Crippen molar-refractivity contribution < 1.29 is 23.2 Å². The summed E-state index contributed by atoms with van der Waals surface area (Å²) in [6, 6.07) is -0.276. The van der Waals surface area contributed by atoms with Gasteiger partial charge >= 0.3 is 16.3 Å². The molecule has 1 fully saturated rings. The van der Waals surface area contributed by atoms with E-state index in [2.05, 4.69) is 9.89 Å². The predicted molar refractivity (Wildman–Crippen MR) is 71.4 cm³/mol. The molecule has 0 saturated heterocycles. The Morgan fingerprint density at radius 2 is 2.10 bits per heavy atom. The average Bonchev–Trinajstić information content (AvgIpc) is 2.88. The van der Waals surface area contributed by atoms with Crippen LogP contribution >= 0.6 is 0 Å². The summed E-state index contributed by atoms with van der Waals surface area (Å²) in [4.78, 5) is 11.3. The lowest BCUT2D eigenvalue weighted by molar-refractivity contribution is 0.157. The zero-order valence-electron chi connectivity index (χ0n) is 11.3. The Morgan fingerprint density at radius 3 is 2.60 bits per heavy atom. The first-order valence-electron chi connectivity index (χ1n) is 6.33. The third-order valence-corrected chi connectivity index (χ3v) is 4.44. The highest BCUT2D eigenvalue weighted by Gasteiger charge is 2.34. The van der Waals surface area contributed by atoms with Gasteiger partial charge in [-0.25, -0.2) is 9.52 Å². The molecule has 4 N–H and O–H groups in total. The van der Waals surface area contributed by atoms with Gasteiger partial charge in [0.05, 0.1) is 13.2 Å². The van der Waals surface area contributed by atoms with Gasteiger partial charge in [0.15, 0.2) is 5.84 Å². The van der Waals surface area contributed by atoms with E-state index in [-0.39, 0.29) is 25.0 Å². The molecule has 0 radical (unpaired) electrons. The van der Waals surface area contributed by atoms with Crippen molar-refractivity contribution in [1.29, 1.82) is 0 Å². The van der Waals surface area contributed by atoms with Crippen LogP contribution in [0.1, 0.15) is 32.6 Å². The molecular weight excluding hydrogens is 288 g/mol. The van der Waals surface area contributed by atoms with Gasteiger partial charge in [0.2, 0.25) is 0 Å². The van der Waals surface area contributed by atoms with Crippen molar-refractivity contribution in [3.05, 3.63) is 0 Å². The van der Waals surface area contributed by atoms with Gasteiger partial charge in [-0.05, 0) is 19.8 Å². The van der Waals surface area contributed by atoms with Gasteiger partial charge in [-0.3, -0.25) is 0 Å². The molecule has 1 saturated carbocycles. The van der Waals surface area contributed by atoms with Gasteiger partial charge in [-0.1, -0.05) is 18.0 Å². The van der Waals surface area contributed by atoms with Crippen molar-refractivity contribution >= 4 is 22.1 Å². The summed E-state index contributed by atoms with van der Waals surface area (Å²) in [5, 5.41) is 11.4. The maximum Gasteiger partial charge on any atom is 0.421 e. The van der Waals surface area contributed by atoms with Crippen molar-refractivity contribution in [3.63, 3.8) is 0 Å². The fourth-order valence-corrected chi connectivity index (χ4v) is 3.41. The van der Waals surface area contributed by atoms with Crippen molar-refractivity contribution in [2.75, 3.05) is 13.2 Å². The van der Waals surface area contributed by atoms with Crippen molar-refractivity contribution in [1.82, 2.24) is 9.03 Å². The highest BCUT2D eigenvalue weighted by molar-refractivity contribution is 7.87. The number of nitrogens with one attached hydrogen (secondary N) is 1. The van der Waals surface area contributed by atoms with Crippen LogP contribution < -0.4 is 10.5 Å². The summed E-state index contributed by atoms with van der Waals surface area (Å²) >= 11 is 0. The molecular formula is C10H20N4O5S. The summed E-state index contributed by atoms with van der Waals surface area (Å²) in [6.45, 7) is 1.35. The van der Waals surface area contributed by atoms with Crippen LogP contribution in [0.3, 0.4) is 0 Å². The first-order valence-corrected chi connectivity index (χ1v) is 7.77. The lowest BCUT2D eigenvalue weighted by Crippen LogP contribution is -2.50. The SMILES string of the molecule is CCOC(=O)NS(=O)(=O)N(CC(N)=NO)C1CCCC1. The maximum atomic E-state index is 12.2. The molecule has 1 aliphatic carbocycles. The van der Waals surface area contributed by atoms with E-state index in [0.29, 0.717) is 12.8 Å². The first-order chi connectivity index (χ1) is 9.40. The minimum atomic E-state index is -4.10. The minimum absolute atomic E-state index is 0.0605. The normalized spacial score (nSPS) is 17.4. The first kappa shape index (κ1) is 16.5. The van der Waals surface area contributed by atoms with E-state index < -0.39 is 16.3 Å².